The van der Waals surface area contributed by atoms with E-state index >= 15 is 0 Å². The smallest absolute Gasteiger partial charge is 0.105 e. The summed E-state index contributed by atoms with van der Waals surface area (Å²) in [7, 11) is 3.89. The molecule has 188 valence electrons. The van der Waals surface area contributed by atoms with Gasteiger partial charge in [0.2, 0.25) is 0 Å². The molecule has 2 aromatic rings. The van der Waals surface area contributed by atoms with E-state index in [0.29, 0.717) is 12.8 Å². The van der Waals surface area contributed by atoms with Crippen LogP contribution in [0.1, 0.15) is 51.0 Å². The summed E-state index contributed by atoms with van der Waals surface area (Å²) in [6, 6.07) is 9.01. The average Bonchev–Trinajstić information content (AvgIpc) is 3.56. The maximum atomic E-state index is 11.2. The van der Waals surface area contributed by atoms with Crippen molar-refractivity contribution in [3.8, 4) is 6.07 Å². The minimum Gasteiger partial charge on any atom is -0.388 e. The summed E-state index contributed by atoms with van der Waals surface area (Å²) >= 11 is 0. The monoisotopic (exact) mass is 486 g/mol. The quantitative estimate of drug-likeness (QED) is 0.561. The zero-order valence-electron chi connectivity index (χ0n) is 21.2. The molecular formula is C29H34N4O3. The SMILES string of the molecule is CN(C)C1CC23CCC4(O2)C2CC=C(c5ccc6cn[nH]c6c5)C2(C)CCC4(C#N)C=C3C(O)C1O. The molecule has 7 nitrogen and oxygen atoms in total. The molecule has 2 saturated carbocycles. The Morgan fingerprint density at radius 3 is 2.81 bits per heavy atom. The molecule has 3 N–H and O–H groups in total. The van der Waals surface area contributed by atoms with Gasteiger partial charge in [0.1, 0.15) is 11.5 Å². The fourth-order valence-corrected chi connectivity index (χ4v) is 8.79. The van der Waals surface area contributed by atoms with Crippen LogP contribution in [0.4, 0.5) is 0 Å². The fourth-order valence-electron chi connectivity index (χ4n) is 8.79. The normalized spacial score (nSPS) is 45.0. The predicted octanol–water partition coefficient (Wildman–Crippen LogP) is 3.56. The van der Waals surface area contributed by atoms with Gasteiger partial charge in [-0.25, -0.2) is 0 Å². The number of aliphatic hydroxyl groups excluding tert-OH is 2. The molecule has 2 spiro atoms. The molecule has 8 unspecified atom stereocenters. The van der Waals surface area contributed by atoms with Crippen molar-refractivity contribution in [2.45, 2.75) is 74.9 Å². The van der Waals surface area contributed by atoms with E-state index in [1.165, 1.54) is 11.1 Å². The van der Waals surface area contributed by atoms with Crippen LogP contribution >= 0.6 is 0 Å². The Labute approximate surface area is 211 Å². The lowest BCUT2D eigenvalue weighted by Crippen LogP contribution is -2.66. The third kappa shape index (κ3) is 2.54. The van der Waals surface area contributed by atoms with Crippen molar-refractivity contribution >= 4 is 16.5 Å². The van der Waals surface area contributed by atoms with E-state index in [0.717, 1.165) is 42.2 Å². The van der Waals surface area contributed by atoms with Crippen molar-refractivity contribution < 1.29 is 14.9 Å². The van der Waals surface area contributed by atoms with Gasteiger partial charge in [0.15, 0.2) is 0 Å². The highest BCUT2D eigenvalue weighted by Crippen LogP contribution is 2.72. The molecule has 7 rings (SSSR count). The number of nitrogens with zero attached hydrogens (tertiary/aromatic N) is 3. The first-order chi connectivity index (χ1) is 17.2. The highest BCUT2D eigenvalue weighted by atomic mass is 16.5. The molecule has 36 heavy (non-hydrogen) atoms. The Morgan fingerprint density at radius 2 is 2.03 bits per heavy atom. The van der Waals surface area contributed by atoms with E-state index in [1.54, 1.807) is 0 Å². The van der Waals surface area contributed by atoms with Crippen LogP contribution in [0.25, 0.3) is 16.5 Å². The summed E-state index contributed by atoms with van der Waals surface area (Å²) in [5.74, 6) is 0.171. The average molecular weight is 487 g/mol. The summed E-state index contributed by atoms with van der Waals surface area (Å²) in [4.78, 5) is 1.99. The molecule has 1 saturated heterocycles. The number of likely N-dealkylation sites (N-methyl/N-ethyl adjacent to an activating group) is 1. The number of H-pyrrole nitrogens is 1. The van der Waals surface area contributed by atoms with Crippen LogP contribution in [0, 0.1) is 28.1 Å². The zero-order valence-corrected chi connectivity index (χ0v) is 21.2. The van der Waals surface area contributed by atoms with Crippen LogP contribution in [0.3, 0.4) is 0 Å². The largest absolute Gasteiger partial charge is 0.388 e. The number of aromatic amines is 1. The lowest BCUT2D eigenvalue weighted by Gasteiger charge is -2.61. The van der Waals surface area contributed by atoms with E-state index in [-0.39, 0.29) is 17.4 Å². The van der Waals surface area contributed by atoms with Gasteiger partial charge in [-0.15, -0.1) is 0 Å². The van der Waals surface area contributed by atoms with Crippen LogP contribution in [-0.4, -0.2) is 68.9 Å². The van der Waals surface area contributed by atoms with Gasteiger partial charge in [-0.2, -0.15) is 10.4 Å². The van der Waals surface area contributed by atoms with Gasteiger partial charge in [-0.3, -0.25) is 5.10 Å². The van der Waals surface area contributed by atoms with Gasteiger partial charge < -0.3 is 19.8 Å². The summed E-state index contributed by atoms with van der Waals surface area (Å²) in [5.41, 5.74) is 2.19. The maximum Gasteiger partial charge on any atom is 0.105 e. The number of aliphatic hydroxyl groups is 2. The third-order valence-electron chi connectivity index (χ3n) is 10.7. The number of rotatable bonds is 2. The predicted molar refractivity (Wildman–Crippen MR) is 136 cm³/mol. The zero-order chi connectivity index (χ0) is 25.1. The summed E-state index contributed by atoms with van der Waals surface area (Å²) < 4.78 is 7.26. The van der Waals surface area contributed by atoms with E-state index in [9.17, 15) is 15.5 Å². The molecule has 0 amide bonds. The van der Waals surface area contributed by atoms with Gasteiger partial charge in [-0.05, 0) is 80.8 Å². The molecule has 3 aliphatic carbocycles. The molecule has 5 aliphatic rings. The Bertz CT molecular complexity index is 1370. The van der Waals surface area contributed by atoms with Gasteiger partial charge in [-0.1, -0.05) is 31.2 Å². The second kappa shape index (κ2) is 7.08. The Morgan fingerprint density at radius 1 is 1.19 bits per heavy atom. The van der Waals surface area contributed by atoms with E-state index in [2.05, 4.69) is 53.5 Å². The van der Waals surface area contributed by atoms with Crippen molar-refractivity contribution in [3.63, 3.8) is 0 Å². The Hall–Kier alpha value is -2.50. The van der Waals surface area contributed by atoms with E-state index < -0.39 is 28.8 Å². The second-order valence-electron chi connectivity index (χ2n) is 12.3. The number of nitrogens with one attached hydrogen (secondary N) is 1. The minimum absolute atomic E-state index is 0.112. The van der Waals surface area contributed by atoms with Crippen LogP contribution in [0.15, 0.2) is 42.1 Å². The molecule has 2 bridgehead atoms. The lowest BCUT2D eigenvalue weighted by atomic mass is 9.49. The van der Waals surface area contributed by atoms with Crippen LogP contribution < -0.4 is 0 Å². The van der Waals surface area contributed by atoms with Gasteiger partial charge in [0.05, 0.1) is 35.1 Å². The first-order valence-corrected chi connectivity index (χ1v) is 13.2. The number of nitriles is 1. The third-order valence-corrected chi connectivity index (χ3v) is 10.7. The lowest BCUT2D eigenvalue weighted by molar-refractivity contribution is -0.223. The molecule has 0 radical (unpaired) electrons. The summed E-state index contributed by atoms with van der Waals surface area (Å²) in [6.07, 6.45) is 9.00. The van der Waals surface area contributed by atoms with E-state index in [1.807, 2.05) is 25.2 Å². The molecule has 8 atom stereocenters. The maximum absolute atomic E-state index is 11.2. The number of allylic oxidation sites excluding steroid dienone is 2. The highest BCUT2D eigenvalue weighted by Gasteiger charge is 2.74. The van der Waals surface area contributed by atoms with Gasteiger partial charge in [0, 0.05) is 17.3 Å². The molecule has 3 fully saturated rings. The standard InChI is InChI=1S/C29H34N4O3/c1-26-8-9-27(16-30)13-20-24(34)25(35)22(33(2)3)14-28(20)10-11-29(27,36-28)23(26)7-6-19(26)17-4-5-18-15-31-32-21(18)12-17/h4-6,12-13,15,22-25,34-35H,7-11,14H2,1-3H3,(H,31,32). The molecule has 2 aliphatic heterocycles. The molecule has 1 aromatic carbocycles. The molecular weight excluding hydrogens is 452 g/mol. The fraction of sp³-hybridized carbons (Fsp3) is 0.586. The molecule has 7 heteroatoms. The van der Waals surface area contributed by atoms with Crippen LogP contribution in [-0.2, 0) is 4.74 Å². The summed E-state index contributed by atoms with van der Waals surface area (Å²) in [6.45, 7) is 2.36. The first-order valence-electron chi connectivity index (χ1n) is 13.2. The Balaban J connectivity index is 1.33. The number of fused-ring (bicyclic) bond motifs is 2. The topological polar surface area (TPSA) is 105 Å². The van der Waals surface area contributed by atoms with Crippen molar-refractivity contribution in [1.82, 2.24) is 15.1 Å². The number of hydrogen-bond donors (Lipinski definition) is 3. The van der Waals surface area contributed by atoms with Crippen molar-refractivity contribution in [2.75, 3.05) is 14.1 Å². The van der Waals surface area contributed by atoms with Crippen molar-refractivity contribution in [3.05, 3.63) is 47.7 Å². The van der Waals surface area contributed by atoms with Crippen LogP contribution in [0.5, 0.6) is 0 Å². The molecule has 1 aromatic heterocycles. The number of aromatic nitrogens is 2. The molecule has 3 heterocycles. The van der Waals surface area contributed by atoms with Crippen LogP contribution in [0.2, 0.25) is 0 Å². The van der Waals surface area contributed by atoms with E-state index in [4.69, 9.17) is 4.74 Å². The second-order valence-corrected chi connectivity index (χ2v) is 12.3. The Kier molecular flexibility index (Phi) is 4.46. The van der Waals surface area contributed by atoms with Crippen molar-refractivity contribution in [2.24, 2.45) is 16.7 Å². The number of hydrogen-bond acceptors (Lipinski definition) is 6. The minimum atomic E-state index is -1.01. The number of ether oxygens (including phenoxy) is 1. The van der Waals surface area contributed by atoms with Gasteiger partial charge in [0.25, 0.3) is 0 Å². The van der Waals surface area contributed by atoms with Crippen molar-refractivity contribution in [1.29, 1.82) is 5.26 Å². The van der Waals surface area contributed by atoms with Gasteiger partial charge >= 0.3 is 0 Å². The summed E-state index contributed by atoms with van der Waals surface area (Å²) in [5, 5.41) is 41.3. The highest BCUT2D eigenvalue weighted by molar-refractivity contribution is 5.84. The number of benzene rings is 1. The first kappa shape index (κ1) is 22.7.